The van der Waals surface area contributed by atoms with Crippen molar-refractivity contribution in [3.8, 4) is 0 Å². The molecular formula is C13H22N4O4. The van der Waals surface area contributed by atoms with E-state index in [9.17, 15) is 9.59 Å². The number of carbonyl (C=O) groups excluding carboxylic acids is 2. The Hall–Kier alpha value is -2.12. The van der Waals surface area contributed by atoms with Gasteiger partial charge in [-0.05, 0) is 34.6 Å². The number of carbonyl (C=O) groups is 2. The highest BCUT2D eigenvalue weighted by atomic mass is 16.6. The number of esters is 1. The molecule has 1 amide bonds. The maximum absolute atomic E-state index is 11.6. The van der Waals surface area contributed by atoms with Crippen molar-refractivity contribution in [3.63, 3.8) is 0 Å². The normalized spacial score (nSPS) is 11.1. The van der Waals surface area contributed by atoms with Gasteiger partial charge in [0.25, 0.3) is 0 Å². The molecule has 0 aliphatic rings. The van der Waals surface area contributed by atoms with Crippen LogP contribution in [0.4, 0.5) is 4.79 Å². The van der Waals surface area contributed by atoms with Crippen molar-refractivity contribution in [1.82, 2.24) is 20.3 Å². The van der Waals surface area contributed by atoms with Crippen LogP contribution in [-0.4, -0.2) is 45.8 Å². The van der Waals surface area contributed by atoms with E-state index >= 15 is 0 Å². The zero-order valence-corrected chi connectivity index (χ0v) is 13.1. The number of amides is 1. The summed E-state index contributed by atoms with van der Waals surface area (Å²) in [6.45, 7) is 9.81. The van der Waals surface area contributed by atoms with Gasteiger partial charge in [0.1, 0.15) is 5.60 Å². The van der Waals surface area contributed by atoms with Gasteiger partial charge in [-0.2, -0.15) is 0 Å². The van der Waals surface area contributed by atoms with E-state index in [0.717, 1.165) is 0 Å². The van der Waals surface area contributed by atoms with Gasteiger partial charge >= 0.3 is 12.1 Å². The highest BCUT2D eigenvalue weighted by Crippen LogP contribution is 2.07. The van der Waals surface area contributed by atoms with Crippen molar-refractivity contribution in [2.75, 3.05) is 13.2 Å². The molecule has 1 N–H and O–H groups in total. The third-order valence-electron chi connectivity index (χ3n) is 2.44. The number of hydrogen-bond donors (Lipinski definition) is 1. The Bertz CT molecular complexity index is 505. The van der Waals surface area contributed by atoms with Crippen LogP contribution in [0.15, 0.2) is 0 Å². The van der Waals surface area contributed by atoms with E-state index in [-0.39, 0.29) is 12.3 Å². The summed E-state index contributed by atoms with van der Waals surface area (Å²) in [5.41, 5.74) is 0.248. The molecule has 1 heterocycles. The zero-order chi connectivity index (χ0) is 16.0. The summed E-state index contributed by atoms with van der Waals surface area (Å²) in [7, 11) is 0. The lowest BCUT2D eigenvalue weighted by molar-refractivity contribution is 0.0509. The molecule has 8 nitrogen and oxygen atoms in total. The van der Waals surface area contributed by atoms with Crippen molar-refractivity contribution in [2.24, 2.45) is 0 Å². The fraction of sp³-hybridized carbons (Fsp3) is 0.692. The van der Waals surface area contributed by atoms with Crippen LogP contribution >= 0.6 is 0 Å². The first-order chi connectivity index (χ1) is 9.74. The molecule has 0 saturated carbocycles. The fourth-order valence-corrected chi connectivity index (χ4v) is 1.54. The van der Waals surface area contributed by atoms with Gasteiger partial charge in [0.05, 0.1) is 18.8 Å². The number of nitrogens with zero attached hydrogens (tertiary/aromatic N) is 3. The highest BCUT2D eigenvalue weighted by Gasteiger charge is 2.18. The number of aromatic nitrogens is 3. The van der Waals surface area contributed by atoms with E-state index in [0.29, 0.717) is 18.8 Å². The highest BCUT2D eigenvalue weighted by molar-refractivity contribution is 5.88. The summed E-state index contributed by atoms with van der Waals surface area (Å²) >= 11 is 0. The van der Waals surface area contributed by atoms with Gasteiger partial charge in [-0.1, -0.05) is 5.21 Å². The van der Waals surface area contributed by atoms with Gasteiger partial charge in [0.15, 0.2) is 5.69 Å². The van der Waals surface area contributed by atoms with Crippen molar-refractivity contribution < 1.29 is 19.1 Å². The lowest BCUT2D eigenvalue weighted by atomic mass is 10.2. The molecule has 0 spiro atoms. The molecule has 8 heteroatoms. The van der Waals surface area contributed by atoms with E-state index in [2.05, 4.69) is 15.6 Å². The molecule has 1 aromatic heterocycles. The number of nitrogens with one attached hydrogen (secondary N) is 1. The van der Waals surface area contributed by atoms with E-state index in [4.69, 9.17) is 9.47 Å². The topological polar surface area (TPSA) is 95.3 Å². The molecule has 0 aromatic carbocycles. The summed E-state index contributed by atoms with van der Waals surface area (Å²) in [5, 5.41) is 10.3. The molecule has 0 bridgehead atoms. The van der Waals surface area contributed by atoms with Crippen molar-refractivity contribution in [1.29, 1.82) is 0 Å². The van der Waals surface area contributed by atoms with Gasteiger partial charge in [-0.3, -0.25) is 0 Å². The molecule has 0 radical (unpaired) electrons. The average Bonchev–Trinajstić information content (AvgIpc) is 2.69. The van der Waals surface area contributed by atoms with Crippen LogP contribution in [0.5, 0.6) is 0 Å². The molecule has 0 atom stereocenters. The summed E-state index contributed by atoms with van der Waals surface area (Å²) in [6, 6.07) is 0. The van der Waals surface area contributed by atoms with Gasteiger partial charge in [-0.25, -0.2) is 14.3 Å². The second-order valence-corrected chi connectivity index (χ2v) is 5.40. The Balaban J connectivity index is 2.50. The van der Waals surface area contributed by atoms with Crippen LogP contribution in [0.25, 0.3) is 0 Å². The van der Waals surface area contributed by atoms with Crippen LogP contribution in [0.1, 0.15) is 43.9 Å². The van der Waals surface area contributed by atoms with Gasteiger partial charge in [-0.15, -0.1) is 5.10 Å². The molecule has 0 fully saturated rings. The Morgan fingerprint density at radius 2 is 2.00 bits per heavy atom. The van der Waals surface area contributed by atoms with Crippen LogP contribution in [0.3, 0.4) is 0 Å². The minimum atomic E-state index is -0.537. The fourth-order valence-electron chi connectivity index (χ4n) is 1.54. The monoisotopic (exact) mass is 298 g/mol. The van der Waals surface area contributed by atoms with E-state index in [1.807, 2.05) is 0 Å². The lowest BCUT2D eigenvalue weighted by Gasteiger charge is -2.19. The second kappa shape index (κ2) is 7.05. The Morgan fingerprint density at radius 1 is 1.33 bits per heavy atom. The maximum Gasteiger partial charge on any atom is 0.407 e. The predicted octanol–water partition coefficient (Wildman–Crippen LogP) is 1.29. The van der Waals surface area contributed by atoms with Crippen LogP contribution in [0.2, 0.25) is 0 Å². The SMILES string of the molecule is CCOC(=O)c1nnn(CCNC(=O)OC(C)(C)C)c1C. The molecule has 21 heavy (non-hydrogen) atoms. The van der Waals surface area contributed by atoms with Crippen LogP contribution in [0, 0.1) is 6.92 Å². The largest absolute Gasteiger partial charge is 0.461 e. The Labute approximate surface area is 123 Å². The lowest BCUT2D eigenvalue weighted by Crippen LogP contribution is -2.34. The smallest absolute Gasteiger partial charge is 0.407 e. The van der Waals surface area contributed by atoms with Crippen LogP contribution < -0.4 is 5.32 Å². The number of hydrogen-bond acceptors (Lipinski definition) is 6. The summed E-state index contributed by atoms with van der Waals surface area (Å²) in [6.07, 6.45) is -0.495. The Kier molecular flexibility index (Phi) is 5.69. The molecule has 0 aliphatic heterocycles. The standard InChI is InChI=1S/C13H22N4O4/c1-6-20-11(18)10-9(2)17(16-15-10)8-7-14-12(19)21-13(3,4)5/h6-8H2,1-5H3,(H,14,19). The van der Waals surface area contributed by atoms with E-state index < -0.39 is 17.7 Å². The molecule has 0 saturated heterocycles. The van der Waals surface area contributed by atoms with E-state index in [1.165, 1.54) is 4.68 Å². The summed E-state index contributed by atoms with van der Waals surface area (Å²) in [4.78, 5) is 23.1. The quantitative estimate of drug-likeness (QED) is 0.823. The first kappa shape index (κ1) is 16.9. The molecular weight excluding hydrogens is 276 g/mol. The minimum Gasteiger partial charge on any atom is -0.461 e. The molecule has 1 aromatic rings. The van der Waals surface area contributed by atoms with Crippen molar-refractivity contribution >= 4 is 12.1 Å². The molecule has 118 valence electrons. The Morgan fingerprint density at radius 3 is 2.57 bits per heavy atom. The van der Waals surface area contributed by atoms with Crippen LogP contribution in [-0.2, 0) is 16.0 Å². The average molecular weight is 298 g/mol. The first-order valence-corrected chi connectivity index (χ1v) is 6.78. The van der Waals surface area contributed by atoms with E-state index in [1.54, 1.807) is 34.6 Å². The van der Waals surface area contributed by atoms with Gasteiger partial charge < -0.3 is 14.8 Å². The second-order valence-electron chi connectivity index (χ2n) is 5.40. The molecule has 0 unspecified atom stereocenters. The summed E-state index contributed by atoms with van der Waals surface area (Å²) < 4.78 is 11.5. The predicted molar refractivity (Wildman–Crippen MR) is 75.0 cm³/mol. The van der Waals surface area contributed by atoms with Gasteiger partial charge in [0.2, 0.25) is 0 Å². The number of rotatable bonds is 5. The molecule has 0 aliphatic carbocycles. The molecule has 1 rings (SSSR count). The van der Waals surface area contributed by atoms with Crippen molar-refractivity contribution in [2.45, 2.75) is 46.8 Å². The maximum atomic E-state index is 11.6. The number of ether oxygens (including phenoxy) is 2. The third kappa shape index (κ3) is 5.41. The first-order valence-electron chi connectivity index (χ1n) is 6.78. The zero-order valence-electron chi connectivity index (χ0n) is 13.1. The summed E-state index contributed by atoms with van der Waals surface area (Å²) in [5.74, 6) is -0.499. The van der Waals surface area contributed by atoms with Crippen molar-refractivity contribution in [3.05, 3.63) is 11.4 Å². The van der Waals surface area contributed by atoms with Gasteiger partial charge in [0, 0.05) is 6.54 Å². The minimum absolute atomic E-state index is 0.189. The third-order valence-corrected chi connectivity index (χ3v) is 2.44. The number of alkyl carbamates (subject to hydrolysis) is 1.